The number of nitrogens with two attached hydrogens (primary N) is 1. The Labute approximate surface area is 105 Å². The van der Waals surface area contributed by atoms with Crippen LogP contribution in [0.25, 0.3) is 0 Å². The van der Waals surface area contributed by atoms with Gasteiger partial charge in [0, 0.05) is 19.6 Å². The minimum Gasteiger partial charge on any atom is -0.326 e. The summed E-state index contributed by atoms with van der Waals surface area (Å²) in [5.74, 6) is 1.88. The van der Waals surface area contributed by atoms with Crippen molar-refractivity contribution in [2.45, 2.75) is 33.4 Å². The third-order valence-corrected chi connectivity index (χ3v) is 3.91. The highest BCUT2D eigenvalue weighted by molar-refractivity contribution is 5.30. The van der Waals surface area contributed by atoms with E-state index in [4.69, 9.17) is 5.73 Å². The lowest BCUT2D eigenvalue weighted by Crippen LogP contribution is -2.21. The highest BCUT2D eigenvalue weighted by atomic mass is 15.1. The van der Waals surface area contributed by atoms with Gasteiger partial charge in [-0.05, 0) is 48.9 Å². The molecule has 0 bridgehead atoms. The van der Waals surface area contributed by atoms with Crippen LogP contribution in [0.3, 0.4) is 0 Å². The lowest BCUT2D eigenvalue weighted by atomic mass is 10.0. The van der Waals surface area contributed by atoms with Gasteiger partial charge >= 0.3 is 0 Å². The predicted molar refractivity (Wildman–Crippen MR) is 72.7 cm³/mol. The SMILES string of the molecule is Cc1cc(CN)ccc1CN(C)CC1CC1C. The maximum atomic E-state index is 5.65. The van der Waals surface area contributed by atoms with Crippen molar-refractivity contribution in [3.63, 3.8) is 0 Å². The van der Waals surface area contributed by atoms with Crippen LogP contribution in [0, 0.1) is 18.8 Å². The monoisotopic (exact) mass is 232 g/mol. The molecule has 0 amide bonds. The second kappa shape index (κ2) is 5.19. The fourth-order valence-electron chi connectivity index (χ4n) is 2.47. The molecule has 2 nitrogen and oxygen atoms in total. The molecule has 1 fully saturated rings. The van der Waals surface area contributed by atoms with Crippen LogP contribution in [-0.4, -0.2) is 18.5 Å². The van der Waals surface area contributed by atoms with Crippen molar-refractivity contribution in [2.75, 3.05) is 13.6 Å². The number of aryl methyl sites for hydroxylation is 1. The Kier molecular flexibility index (Phi) is 3.85. The Morgan fingerprint density at radius 3 is 2.65 bits per heavy atom. The topological polar surface area (TPSA) is 29.3 Å². The van der Waals surface area contributed by atoms with E-state index in [1.54, 1.807) is 0 Å². The highest BCUT2D eigenvalue weighted by Crippen LogP contribution is 2.38. The van der Waals surface area contributed by atoms with E-state index in [1.807, 2.05) is 0 Å². The van der Waals surface area contributed by atoms with Crippen molar-refractivity contribution in [3.8, 4) is 0 Å². The van der Waals surface area contributed by atoms with Gasteiger partial charge in [-0.25, -0.2) is 0 Å². The van der Waals surface area contributed by atoms with E-state index in [0.29, 0.717) is 6.54 Å². The Morgan fingerprint density at radius 2 is 2.12 bits per heavy atom. The summed E-state index contributed by atoms with van der Waals surface area (Å²) in [7, 11) is 2.22. The lowest BCUT2D eigenvalue weighted by Gasteiger charge is -2.18. The first-order chi connectivity index (χ1) is 8.10. The van der Waals surface area contributed by atoms with Crippen LogP contribution in [0.4, 0.5) is 0 Å². The average Bonchev–Trinajstić information content (AvgIpc) is 2.97. The molecule has 0 aliphatic heterocycles. The molecule has 17 heavy (non-hydrogen) atoms. The van der Waals surface area contributed by atoms with E-state index in [1.165, 1.54) is 29.7 Å². The van der Waals surface area contributed by atoms with Gasteiger partial charge in [0.15, 0.2) is 0 Å². The summed E-state index contributed by atoms with van der Waals surface area (Å²) < 4.78 is 0. The van der Waals surface area contributed by atoms with Crippen molar-refractivity contribution in [1.29, 1.82) is 0 Å². The average molecular weight is 232 g/mol. The molecular weight excluding hydrogens is 208 g/mol. The minimum absolute atomic E-state index is 0.635. The van der Waals surface area contributed by atoms with Crippen molar-refractivity contribution >= 4 is 0 Å². The van der Waals surface area contributed by atoms with Crippen LogP contribution in [0.15, 0.2) is 18.2 Å². The summed E-state index contributed by atoms with van der Waals surface area (Å²) in [6.07, 6.45) is 1.41. The molecule has 2 rings (SSSR count). The normalized spacial score (nSPS) is 23.1. The third-order valence-electron chi connectivity index (χ3n) is 3.91. The second-order valence-corrected chi connectivity index (χ2v) is 5.63. The Bertz CT molecular complexity index is 387. The molecule has 0 spiro atoms. The van der Waals surface area contributed by atoms with Gasteiger partial charge in [0.2, 0.25) is 0 Å². The summed E-state index contributed by atoms with van der Waals surface area (Å²) in [4.78, 5) is 2.44. The molecule has 1 aromatic carbocycles. The second-order valence-electron chi connectivity index (χ2n) is 5.63. The number of benzene rings is 1. The van der Waals surface area contributed by atoms with Gasteiger partial charge < -0.3 is 10.6 Å². The van der Waals surface area contributed by atoms with Gasteiger partial charge in [-0.15, -0.1) is 0 Å². The van der Waals surface area contributed by atoms with Gasteiger partial charge in [-0.3, -0.25) is 0 Å². The molecule has 0 heterocycles. The van der Waals surface area contributed by atoms with Crippen LogP contribution in [0.2, 0.25) is 0 Å². The molecule has 2 heteroatoms. The van der Waals surface area contributed by atoms with E-state index >= 15 is 0 Å². The molecule has 2 N–H and O–H groups in total. The Hall–Kier alpha value is -0.860. The predicted octanol–water partition coefficient (Wildman–Crippen LogP) is 2.54. The quantitative estimate of drug-likeness (QED) is 0.845. The van der Waals surface area contributed by atoms with Crippen LogP contribution >= 0.6 is 0 Å². The zero-order valence-corrected chi connectivity index (χ0v) is 11.2. The van der Waals surface area contributed by atoms with E-state index in [-0.39, 0.29) is 0 Å². The number of hydrogen-bond acceptors (Lipinski definition) is 2. The summed E-state index contributed by atoms with van der Waals surface area (Å²) in [5, 5.41) is 0. The minimum atomic E-state index is 0.635. The van der Waals surface area contributed by atoms with E-state index in [2.05, 4.69) is 44.0 Å². The van der Waals surface area contributed by atoms with Crippen molar-refractivity contribution in [2.24, 2.45) is 17.6 Å². The summed E-state index contributed by atoms with van der Waals surface area (Å²) in [6.45, 7) is 7.46. The van der Waals surface area contributed by atoms with E-state index in [0.717, 1.165) is 18.4 Å². The molecule has 1 aromatic rings. The fourth-order valence-corrected chi connectivity index (χ4v) is 2.47. The Morgan fingerprint density at radius 1 is 1.41 bits per heavy atom. The standard InChI is InChI=1S/C15H24N2/c1-11-6-13(8-16)4-5-14(11)9-17(3)10-15-7-12(15)2/h4-6,12,15H,7-10,16H2,1-3H3. The highest BCUT2D eigenvalue weighted by Gasteiger charge is 2.32. The first-order valence-electron chi connectivity index (χ1n) is 6.57. The molecule has 1 saturated carbocycles. The van der Waals surface area contributed by atoms with E-state index in [9.17, 15) is 0 Å². The first-order valence-corrected chi connectivity index (χ1v) is 6.57. The molecule has 94 valence electrons. The zero-order chi connectivity index (χ0) is 12.4. The van der Waals surface area contributed by atoms with Gasteiger partial charge in [0.05, 0.1) is 0 Å². The van der Waals surface area contributed by atoms with Gasteiger partial charge in [0.1, 0.15) is 0 Å². The molecule has 1 aliphatic rings. The molecule has 1 aliphatic carbocycles. The molecule has 2 atom stereocenters. The van der Waals surface area contributed by atoms with E-state index < -0.39 is 0 Å². The zero-order valence-electron chi connectivity index (χ0n) is 11.2. The first kappa shape index (κ1) is 12.6. The third kappa shape index (κ3) is 3.30. The molecule has 0 radical (unpaired) electrons. The van der Waals surface area contributed by atoms with Crippen molar-refractivity contribution in [1.82, 2.24) is 4.90 Å². The van der Waals surface area contributed by atoms with Gasteiger partial charge in [-0.1, -0.05) is 25.1 Å². The van der Waals surface area contributed by atoms with Gasteiger partial charge in [0.25, 0.3) is 0 Å². The van der Waals surface area contributed by atoms with Crippen LogP contribution < -0.4 is 5.73 Å². The molecule has 0 aromatic heterocycles. The largest absolute Gasteiger partial charge is 0.326 e. The summed E-state index contributed by atoms with van der Waals surface area (Å²) >= 11 is 0. The fraction of sp³-hybridized carbons (Fsp3) is 0.600. The van der Waals surface area contributed by atoms with Crippen molar-refractivity contribution < 1.29 is 0 Å². The molecule has 0 saturated heterocycles. The van der Waals surface area contributed by atoms with Crippen LogP contribution in [-0.2, 0) is 13.1 Å². The maximum absolute atomic E-state index is 5.65. The lowest BCUT2D eigenvalue weighted by molar-refractivity contribution is 0.307. The summed E-state index contributed by atoms with van der Waals surface area (Å²) in [5.41, 5.74) is 9.67. The van der Waals surface area contributed by atoms with Crippen LogP contribution in [0.1, 0.15) is 30.0 Å². The number of nitrogens with zero attached hydrogens (tertiary/aromatic N) is 1. The number of hydrogen-bond donors (Lipinski definition) is 1. The van der Waals surface area contributed by atoms with Crippen molar-refractivity contribution in [3.05, 3.63) is 34.9 Å². The maximum Gasteiger partial charge on any atom is 0.0233 e. The van der Waals surface area contributed by atoms with Gasteiger partial charge in [-0.2, -0.15) is 0 Å². The summed E-state index contributed by atoms with van der Waals surface area (Å²) in [6, 6.07) is 6.59. The Balaban J connectivity index is 1.93. The number of rotatable bonds is 5. The molecule has 2 unspecified atom stereocenters. The molecular formula is C15H24N2. The van der Waals surface area contributed by atoms with Crippen LogP contribution in [0.5, 0.6) is 0 Å². The smallest absolute Gasteiger partial charge is 0.0233 e.